The molecule has 0 saturated heterocycles. The maximum atomic E-state index is 5.14. The summed E-state index contributed by atoms with van der Waals surface area (Å²) < 4.78 is 6.27. The zero-order valence-electron chi connectivity index (χ0n) is 6.52. The van der Waals surface area contributed by atoms with Crippen molar-refractivity contribution in [3.63, 3.8) is 0 Å². The fourth-order valence-electron chi connectivity index (χ4n) is 0.815. The highest BCUT2D eigenvalue weighted by molar-refractivity contribution is 14.1. The maximum absolute atomic E-state index is 5.14. The summed E-state index contributed by atoms with van der Waals surface area (Å²) in [5, 5.41) is 3.05. The predicted octanol–water partition coefficient (Wildman–Crippen LogP) is 2.34. The van der Waals surface area contributed by atoms with Gasteiger partial charge in [0.1, 0.15) is 5.75 Å². The van der Waals surface area contributed by atoms with Crippen molar-refractivity contribution in [2.75, 3.05) is 19.5 Å². The van der Waals surface area contributed by atoms with Gasteiger partial charge in [0.05, 0.1) is 10.7 Å². The number of halogens is 1. The van der Waals surface area contributed by atoms with Crippen molar-refractivity contribution in [2.24, 2.45) is 0 Å². The van der Waals surface area contributed by atoms with Crippen molar-refractivity contribution < 1.29 is 4.74 Å². The SMILES string of the molecule is CNc1ccc(I)c(OC)c1. The van der Waals surface area contributed by atoms with Crippen LogP contribution in [-0.2, 0) is 0 Å². The van der Waals surface area contributed by atoms with Gasteiger partial charge in [-0.1, -0.05) is 0 Å². The van der Waals surface area contributed by atoms with Gasteiger partial charge < -0.3 is 10.1 Å². The van der Waals surface area contributed by atoms with Crippen LogP contribution in [0.15, 0.2) is 18.2 Å². The maximum Gasteiger partial charge on any atom is 0.134 e. The van der Waals surface area contributed by atoms with Gasteiger partial charge in [-0.3, -0.25) is 0 Å². The first-order chi connectivity index (χ1) is 5.27. The summed E-state index contributed by atoms with van der Waals surface area (Å²) in [4.78, 5) is 0. The second-order valence-corrected chi connectivity index (χ2v) is 3.26. The van der Waals surface area contributed by atoms with Gasteiger partial charge in [0, 0.05) is 18.8 Å². The van der Waals surface area contributed by atoms with E-state index in [0.717, 1.165) is 15.0 Å². The molecule has 11 heavy (non-hydrogen) atoms. The molecular formula is C8H10INO. The Kier molecular flexibility index (Phi) is 2.99. The molecule has 0 fully saturated rings. The molecule has 0 aliphatic carbocycles. The number of benzene rings is 1. The third-order valence-electron chi connectivity index (χ3n) is 1.44. The van der Waals surface area contributed by atoms with Crippen LogP contribution in [0.3, 0.4) is 0 Å². The van der Waals surface area contributed by atoms with Gasteiger partial charge in [0.15, 0.2) is 0 Å². The van der Waals surface area contributed by atoms with Crippen molar-refractivity contribution >= 4 is 28.3 Å². The van der Waals surface area contributed by atoms with Gasteiger partial charge in [-0.25, -0.2) is 0 Å². The molecule has 0 heterocycles. The van der Waals surface area contributed by atoms with Gasteiger partial charge in [-0.15, -0.1) is 0 Å². The third-order valence-corrected chi connectivity index (χ3v) is 2.33. The molecule has 0 amide bonds. The third kappa shape index (κ3) is 1.99. The Morgan fingerprint density at radius 2 is 2.18 bits per heavy atom. The normalized spacial score (nSPS) is 9.36. The van der Waals surface area contributed by atoms with Crippen LogP contribution in [0.25, 0.3) is 0 Å². The highest BCUT2D eigenvalue weighted by Gasteiger charge is 1.98. The van der Waals surface area contributed by atoms with Crippen LogP contribution in [0.2, 0.25) is 0 Å². The summed E-state index contributed by atoms with van der Waals surface area (Å²) in [6.07, 6.45) is 0. The van der Waals surface area contributed by atoms with Crippen LogP contribution in [0, 0.1) is 3.57 Å². The molecule has 0 saturated carbocycles. The summed E-state index contributed by atoms with van der Waals surface area (Å²) in [6.45, 7) is 0. The lowest BCUT2D eigenvalue weighted by Crippen LogP contribution is -1.91. The highest BCUT2D eigenvalue weighted by atomic mass is 127. The first-order valence-corrected chi connectivity index (χ1v) is 4.37. The van der Waals surface area contributed by atoms with Crippen LogP contribution in [-0.4, -0.2) is 14.2 Å². The van der Waals surface area contributed by atoms with E-state index in [1.165, 1.54) is 0 Å². The van der Waals surface area contributed by atoms with E-state index in [2.05, 4.69) is 27.9 Å². The summed E-state index contributed by atoms with van der Waals surface area (Å²) in [5.41, 5.74) is 1.07. The van der Waals surface area contributed by atoms with E-state index in [9.17, 15) is 0 Å². The van der Waals surface area contributed by atoms with Gasteiger partial charge in [0.2, 0.25) is 0 Å². The van der Waals surface area contributed by atoms with Crippen LogP contribution in [0.1, 0.15) is 0 Å². The number of hydrogen-bond donors (Lipinski definition) is 1. The van der Waals surface area contributed by atoms with Crippen molar-refractivity contribution in [3.8, 4) is 5.75 Å². The second kappa shape index (κ2) is 3.80. The smallest absolute Gasteiger partial charge is 0.134 e. The van der Waals surface area contributed by atoms with Crippen LogP contribution in [0.4, 0.5) is 5.69 Å². The molecule has 60 valence electrons. The van der Waals surface area contributed by atoms with Crippen LogP contribution >= 0.6 is 22.6 Å². The summed E-state index contributed by atoms with van der Waals surface area (Å²) in [5.74, 6) is 0.914. The van der Waals surface area contributed by atoms with Crippen molar-refractivity contribution in [2.45, 2.75) is 0 Å². The number of anilines is 1. The van der Waals surface area contributed by atoms with E-state index in [-0.39, 0.29) is 0 Å². The minimum Gasteiger partial charge on any atom is -0.496 e. The van der Waals surface area contributed by atoms with Gasteiger partial charge >= 0.3 is 0 Å². The van der Waals surface area contributed by atoms with Gasteiger partial charge in [-0.2, -0.15) is 0 Å². The van der Waals surface area contributed by atoms with Crippen LogP contribution < -0.4 is 10.1 Å². The van der Waals surface area contributed by atoms with E-state index in [1.807, 2.05) is 25.2 Å². The second-order valence-electron chi connectivity index (χ2n) is 2.10. The summed E-state index contributed by atoms with van der Waals surface area (Å²) >= 11 is 2.24. The molecule has 0 radical (unpaired) electrons. The van der Waals surface area contributed by atoms with Crippen molar-refractivity contribution in [1.82, 2.24) is 0 Å². The topological polar surface area (TPSA) is 21.3 Å². The van der Waals surface area contributed by atoms with E-state index < -0.39 is 0 Å². The fourth-order valence-corrected chi connectivity index (χ4v) is 1.37. The first-order valence-electron chi connectivity index (χ1n) is 3.29. The summed E-state index contributed by atoms with van der Waals surface area (Å²) in [6, 6.07) is 6.01. The molecule has 3 heteroatoms. The molecule has 0 aliphatic heterocycles. The van der Waals surface area contributed by atoms with Crippen molar-refractivity contribution in [1.29, 1.82) is 0 Å². The quantitative estimate of drug-likeness (QED) is 0.827. The Labute approximate surface area is 80.1 Å². The van der Waals surface area contributed by atoms with Crippen LogP contribution in [0.5, 0.6) is 5.75 Å². The number of rotatable bonds is 2. The van der Waals surface area contributed by atoms with Gasteiger partial charge in [-0.05, 0) is 34.7 Å². The molecule has 1 rings (SSSR count). The Morgan fingerprint density at radius 3 is 2.73 bits per heavy atom. The largest absolute Gasteiger partial charge is 0.496 e. The zero-order valence-corrected chi connectivity index (χ0v) is 8.68. The Bertz CT molecular complexity index is 250. The standard InChI is InChI=1S/C8H10INO/c1-10-6-3-4-7(9)8(5-6)11-2/h3-5,10H,1-2H3. The van der Waals surface area contributed by atoms with Gasteiger partial charge in [0.25, 0.3) is 0 Å². The Hall–Kier alpha value is -0.450. The molecule has 1 N–H and O–H groups in total. The lowest BCUT2D eigenvalue weighted by molar-refractivity contribution is 0.412. The Morgan fingerprint density at radius 1 is 1.45 bits per heavy atom. The molecule has 0 unspecified atom stereocenters. The average Bonchev–Trinajstić information content (AvgIpc) is 2.05. The summed E-state index contributed by atoms with van der Waals surface area (Å²) in [7, 11) is 3.57. The van der Waals surface area contributed by atoms with E-state index in [4.69, 9.17) is 4.74 Å². The number of hydrogen-bond acceptors (Lipinski definition) is 2. The molecule has 1 aromatic rings. The molecule has 1 aromatic carbocycles. The van der Waals surface area contributed by atoms with E-state index in [0.29, 0.717) is 0 Å². The Balaban J connectivity index is 3.02. The first kappa shape index (κ1) is 8.64. The average molecular weight is 263 g/mol. The fraction of sp³-hybridized carbons (Fsp3) is 0.250. The molecule has 0 spiro atoms. The predicted molar refractivity (Wildman–Crippen MR) is 55.3 cm³/mol. The van der Waals surface area contributed by atoms with E-state index in [1.54, 1.807) is 7.11 Å². The van der Waals surface area contributed by atoms with E-state index >= 15 is 0 Å². The molecule has 0 bridgehead atoms. The molecule has 0 atom stereocenters. The molecule has 0 aromatic heterocycles. The monoisotopic (exact) mass is 263 g/mol. The zero-order chi connectivity index (χ0) is 8.27. The number of nitrogens with one attached hydrogen (secondary N) is 1. The number of methoxy groups -OCH3 is 1. The molecule has 0 aliphatic rings. The molecule has 2 nitrogen and oxygen atoms in total. The lowest BCUT2D eigenvalue weighted by atomic mass is 10.3. The number of ether oxygens (including phenoxy) is 1. The van der Waals surface area contributed by atoms with Crippen molar-refractivity contribution in [3.05, 3.63) is 21.8 Å². The minimum absolute atomic E-state index is 0.914. The lowest BCUT2D eigenvalue weighted by Gasteiger charge is -2.05. The minimum atomic E-state index is 0.914. The highest BCUT2D eigenvalue weighted by Crippen LogP contribution is 2.23. The molecular weight excluding hydrogens is 253 g/mol.